The molecule has 1 aromatic rings. The Morgan fingerprint density at radius 2 is 2.12 bits per heavy atom. The van der Waals surface area contributed by atoms with Crippen LogP contribution in [0.1, 0.15) is 12.5 Å². The van der Waals surface area contributed by atoms with Crippen molar-refractivity contribution < 1.29 is 9.47 Å². The number of nitrogens with zero attached hydrogens (tertiary/aromatic N) is 1. The van der Waals surface area contributed by atoms with Crippen molar-refractivity contribution in [3.8, 4) is 17.6 Å². The summed E-state index contributed by atoms with van der Waals surface area (Å²) in [6.45, 7) is 3.10. The van der Waals surface area contributed by atoms with Crippen LogP contribution in [0.2, 0.25) is 0 Å². The molecule has 86 valence electrons. The molecule has 16 heavy (non-hydrogen) atoms. The van der Waals surface area contributed by atoms with E-state index in [0.717, 1.165) is 12.0 Å². The molecule has 0 saturated heterocycles. The third-order valence-electron chi connectivity index (χ3n) is 2.03. The van der Waals surface area contributed by atoms with Crippen molar-refractivity contribution in [1.29, 1.82) is 5.26 Å². The quantitative estimate of drug-likeness (QED) is 0.788. The van der Waals surface area contributed by atoms with Crippen molar-refractivity contribution in [2.75, 3.05) is 19.8 Å². The average Bonchev–Trinajstić information content (AvgIpc) is 2.29. The Balaban J connectivity index is 2.86. The number of rotatable bonds is 6. The highest BCUT2D eigenvalue weighted by Crippen LogP contribution is 2.28. The first-order valence-electron chi connectivity index (χ1n) is 5.27. The molecule has 0 fully saturated rings. The molecule has 4 heteroatoms. The minimum absolute atomic E-state index is 0.0241. The number of benzene rings is 1. The molecule has 2 N–H and O–H groups in total. The van der Waals surface area contributed by atoms with Crippen LogP contribution in [0.25, 0.3) is 0 Å². The van der Waals surface area contributed by atoms with E-state index in [1.807, 2.05) is 31.2 Å². The monoisotopic (exact) mass is 220 g/mol. The van der Waals surface area contributed by atoms with Crippen molar-refractivity contribution in [3.05, 3.63) is 23.8 Å². The van der Waals surface area contributed by atoms with E-state index < -0.39 is 0 Å². The summed E-state index contributed by atoms with van der Waals surface area (Å²) < 4.78 is 10.7. The third-order valence-corrected chi connectivity index (χ3v) is 2.03. The molecule has 4 nitrogen and oxygen atoms in total. The highest BCUT2D eigenvalue weighted by Gasteiger charge is 2.05. The summed E-state index contributed by atoms with van der Waals surface area (Å²) in [7, 11) is 0. The van der Waals surface area contributed by atoms with Crippen LogP contribution in [0, 0.1) is 11.3 Å². The van der Waals surface area contributed by atoms with Crippen molar-refractivity contribution in [2.24, 2.45) is 5.73 Å². The molecular weight excluding hydrogens is 204 g/mol. The lowest BCUT2D eigenvalue weighted by Crippen LogP contribution is -2.04. The molecule has 0 atom stereocenters. The Labute approximate surface area is 95.6 Å². The van der Waals surface area contributed by atoms with Gasteiger partial charge >= 0.3 is 0 Å². The number of nitriles is 1. The van der Waals surface area contributed by atoms with E-state index in [9.17, 15) is 0 Å². The summed E-state index contributed by atoms with van der Waals surface area (Å²) >= 11 is 0. The Hall–Kier alpha value is -1.73. The van der Waals surface area contributed by atoms with E-state index in [-0.39, 0.29) is 6.61 Å². The standard InChI is InChI=1S/C12H16N2O2/c1-2-15-12-9-10(5-6-13)3-4-11(12)16-8-7-14/h3-4,9H,2,5-6,8,13H2,1H3. The Bertz CT molecular complexity index is 372. The highest BCUT2D eigenvalue weighted by atomic mass is 16.5. The van der Waals surface area contributed by atoms with E-state index in [1.165, 1.54) is 0 Å². The fourth-order valence-corrected chi connectivity index (χ4v) is 1.37. The van der Waals surface area contributed by atoms with E-state index in [4.69, 9.17) is 20.5 Å². The zero-order valence-electron chi connectivity index (χ0n) is 9.40. The van der Waals surface area contributed by atoms with Crippen LogP contribution in [-0.2, 0) is 6.42 Å². The van der Waals surface area contributed by atoms with Gasteiger partial charge in [-0.2, -0.15) is 5.26 Å². The molecule has 0 amide bonds. The summed E-state index contributed by atoms with van der Waals surface area (Å²) in [5.74, 6) is 1.27. The Kier molecular flexibility index (Phi) is 5.17. The minimum Gasteiger partial charge on any atom is -0.490 e. The van der Waals surface area contributed by atoms with Gasteiger partial charge in [-0.15, -0.1) is 0 Å². The van der Waals surface area contributed by atoms with Gasteiger partial charge in [0.2, 0.25) is 0 Å². The number of nitrogens with two attached hydrogens (primary N) is 1. The molecule has 0 unspecified atom stereocenters. The minimum atomic E-state index is 0.0241. The SMILES string of the molecule is CCOc1cc(CCN)ccc1OCC#N. The first-order valence-corrected chi connectivity index (χ1v) is 5.27. The van der Waals surface area contributed by atoms with E-state index >= 15 is 0 Å². The lowest BCUT2D eigenvalue weighted by atomic mass is 10.1. The van der Waals surface area contributed by atoms with Crippen LogP contribution in [0.3, 0.4) is 0 Å². The highest BCUT2D eigenvalue weighted by molar-refractivity contribution is 5.43. The van der Waals surface area contributed by atoms with Crippen LogP contribution in [0.4, 0.5) is 0 Å². The fourth-order valence-electron chi connectivity index (χ4n) is 1.37. The van der Waals surface area contributed by atoms with E-state index in [1.54, 1.807) is 0 Å². The predicted molar refractivity (Wildman–Crippen MR) is 61.5 cm³/mol. The molecule has 0 aliphatic carbocycles. The summed E-state index contributed by atoms with van der Waals surface area (Å²) in [6, 6.07) is 7.58. The van der Waals surface area contributed by atoms with Crippen molar-refractivity contribution in [1.82, 2.24) is 0 Å². The maximum atomic E-state index is 8.45. The van der Waals surface area contributed by atoms with Gasteiger partial charge < -0.3 is 15.2 Å². The van der Waals surface area contributed by atoms with Crippen molar-refractivity contribution in [3.63, 3.8) is 0 Å². The van der Waals surface area contributed by atoms with E-state index in [0.29, 0.717) is 24.7 Å². The lowest BCUT2D eigenvalue weighted by Gasteiger charge is -2.11. The van der Waals surface area contributed by atoms with Crippen molar-refractivity contribution in [2.45, 2.75) is 13.3 Å². The van der Waals surface area contributed by atoms with Crippen LogP contribution in [-0.4, -0.2) is 19.8 Å². The third kappa shape index (κ3) is 3.44. The summed E-state index contributed by atoms with van der Waals surface area (Å²) in [5.41, 5.74) is 6.59. The van der Waals surface area contributed by atoms with Crippen molar-refractivity contribution >= 4 is 0 Å². The average molecular weight is 220 g/mol. The Morgan fingerprint density at radius 3 is 2.75 bits per heavy atom. The first-order chi connectivity index (χ1) is 7.81. The van der Waals surface area contributed by atoms with Gasteiger partial charge in [0.25, 0.3) is 0 Å². The van der Waals surface area contributed by atoms with Gasteiger partial charge in [-0.1, -0.05) is 6.07 Å². The van der Waals surface area contributed by atoms with Crippen LogP contribution < -0.4 is 15.2 Å². The zero-order chi connectivity index (χ0) is 11.8. The molecule has 1 aromatic carbocycles. The zero-order valence-corrected chi connectivity index (χ0v) is 9.40. The van der Waals surface area contributed by atoms with Crippen LogP contribution in [0.5, 0.6) is 11.5 Å². The molecule has 0 radical (unpaired) electrons. The summed E-state index contributed by atoms with van der Waals surface area (Å²) in [5, 5.41) is 8.45. The Morgan fingerprint density at radius 1 is 1.31 bits per heavy atom. The second kappa shape index (κ2) is 6.70. The molecule has 0 bridgehead atoms. The number of hydrogen-bond acceptors (Lipinski definition) is 4. The van der Waals surface area contributed by atoms with E-state index in [2.05, 4.69) is 0 Å². The van der Waals surface area contributed by atoms with Gasteiger partial charge in [0, 0.05) is 0 Å². The molecular formula is C12H16N2O2. The summed E-state index contributed by atoms with van der Waals surface area (Å²) in [4.78, 5) is 0. The maximum absolute atomic E-state index is 8.45. The fraction of sp³-hybridized carbons (Fsp3) is 0.417. The predicted octanol–water partition coefficient (Wildman–Crippen LogP) is 1.49. The molecule has 0 aliphatic rings. The molecule has 1 rings (SSSR count). The maximum Gasteiger partial charge on any atom is 0.174 e. The van der Waals surface area contributed by atoms with Crippen LogP contribution in [0.15, 0.2) is 18.2 Å². The van der Waals surface area contributed by atoms with Gasteiger partial charge in [-0.25, -0.2) is 0 Å². The second-order valence-corrected chi connectivity index (χ2v) is 3.20. The number of ether oxygens (including phenoxy) is 2. The van der Waals surface area contributed by atoms with Gasteiger partial charge in [0.15, 0.2) is 18.1 Å². The second-order valence-electron chi connectivity index (χ2n) is 3.20. The topological polar surface area (TPSA) is 68.3 Å². The van der Waals surface area contributed by atoms with Gasteiger partial charge in [0.1, 0.15) is 6.07 Å². The molecule has 0 aliphatic heterocycles. The van der Waals surface area contributed by atoms with Crippen LogP contribution >= 0.6 is 0 Å². The molecule has 0 aromatic heterocycles. The molecule has 0 heterocycles. The van der Waals surface area contributed by atoms with Gasteiger partial charge in [-0.05, 0) is 37.6 Å². The van der Waals surface area contributed by atoms with Gasteiger partial charge in [-0.3, -0.25) is 0 Å². The largest absolute Gasteiger partial charge is 0.490 e. The summed E-state index contributed by atoms with van der Waals surface area (Å²) in [6.07, 6.45) is 0.804. The normalized spacial score (nSPS) is 9.56. The number of hydrogen-bond donors (Lipinski definition) is 1. The molecule has 0 saturated carbocycles. The smallest absolute Gasteiger partial charge is 0.174 e. The lowest BCUT2D eigenvalue weighted by molar-refractivity contribution is 0.298. The molecule has 0 spiro atoms. The first kappa shape index (κ1) is 12.3. The van der Waals surface area contributed by atoms with Gasteiger partial charge in [0.05, 0.1) is 6.61 Å².